The van der Waals surface area contributed by atoms with Gasteiger partial charge < -0.3 is 15.6 Å². The average Bonchev–Trinajstić information content (AvgIpc) is 2.95. The largest absolute Gasteiger partial charge is 0.626 e. The number of quaternary nitrogens is 1. The lowest BCUT2D eigenvalue weighted by Gasteiger charge is -2.40. The van der Waals surface area contributed by atoms with Crippen molar-refractivity contribution in [3.63, 3.8) is 0 Å². The fourth-order valence-corrected chi connectivity index (χ4v) is 4.15. The van der Waals surface area contributed by atoms with Crippen LogP contribution in [0.15, 0.2) is 103 Å². The summed E-state index contributed by atoms with van der Waals surface area (Å²) in [7, 11) is 3.17. The van der Waals surface area contributed by atoms with Gasteiger partial charge in [-0.05, 0) is 81.7 Å². The maximum atomic E-state index is 13.5. The van der Waals surface area contributed by atoms with Crippen molar-refractivity contribution in [2.24, 2.45) is 0 Å². The standard InChI is InChI=1S/C30H30N4O3/c1-21-9-19-27(20-10-21)34(37)30(31-2,32-3)29(36)24-13-17-26(18-14-24)33-25-15-11-23(12-16-25)28(35)22-7-5-4-6-8-22/h4-20,31-34H,1-3H3. The van der Waals surface area contributed by atoms with Crippen LogP contribution in [0.25, 0.3) is 0 Å². The number of carbonyl (C=O) groups is 2. The summed E-state index contributed by atoms with van der Waals surface area (Å²) in [5, 5.41) is 22.1. The average molecular weight is 495 g/mol. The van der Waals surface area contributed by atoms with Crippen molar-refractivity contribution < 1.29 is 14.7 Å². The number of hydrogen-bond acceptors (Lipinski definition) is 6. The van der Waals surface area contributed by atoms with Gasteiger partial charge in [0.25, 0.3) is 11.6 Å². The maximum Gasteiger partial charge on any atom is 0.278 e. The summed E-state index contributed by atoms with van der Waals surface area (Å²) in [5.74, 6) is -2.00. The molecule has 0 spiro atoms. The Kier molecular flexibility index (Phi) is 7.91. The SMILES string of the molecule is CNC(NC)(C(=O)c1ccc(Nc2ccc(C(=O)c3ccccc3)cc2)cc1)[NH+]([O-])c1ccc(C)cc1. The highest BCUT2D eigenvalue weighted by Crippen LogP contribution is 2.20. The van der Waals surface area contributed by atoms with Crippen molar-refractivity contribution in [2.75, 3.05) is 19.4 Å². The van der Waals surface area contributed by atoms with Crippen LogP contribution in [0, 0.1) is 12.1 Å². The van der Waals surface area contributed by atoms with E-state index < -0.39 is 5.79 Å². The number of ketones is 2. The molecule has 0 saturated heterocycles. The lowest BCUT2D eigenvalue weighted by molar-refractivity contribution is -0.835. The molecule has 1 unspecified atom stereocenters. The van der Waals surface area contributed by atoms with E-state index in [1.165, 1.54) is 0 Å². The van der Waals surface area contributed by atoms with Crippen LogP contribution in [-0.4, -0.2) is 31.4 Å². The molecular formula is C30H30N4O3. The van der Waals surface area contributed by atoms with Gasteiger partial charge >= 0.3 is 0 Å². The van der Waals surface area contributed by atoms with Crippen LogP contribution in [0.2, 0.25) is 0 Å². The third-order valence-electron chi connectivity index (χ3n) is 6.36. The summed E-state index contributed by atoms with van der Waals surface area (Å²) in [6.07, 6.45) is 0. The third kappa shape index (κ3) is 5.50. The second kappa shape index (κ2) is 11.3. The molecule has 37 heavy (non-hydrogen) atoms. The van der Waals surface area contributed by atoms with Gasteiger partial charge in [0.2, 0.25) is 0 Å². The predicted molar refractivity (Wildman–Crippen MR) is 146 cm³/mol. The maximum absolute atomic E-state index is 13.5. The first-order valence-corrected chi connectivity index (χ1v) is 12.0. The predicted octanol–water partition coefficient (Wildman–Crippen LogP) is 3.96. The monoisotopic (exact) mass is 494 g/mol. The van der Waals surface area contributed by atoms with E-state index in [2.05, 4.69) is 16.0 Å². The molecule has 0 aliphatic rings. The number of hydrogen-bond donors (Lipinski definition) is 4. The quantitative estimate of drug-likeness (QED) is 0.151. The van der Waals surface area contributed by atoms with Crippen LogP contribution in [0.3, 0.4) is 0 Å². The number of aryl methyl sites for hydroxylation is 1. The number of hydroxylamine groups is 1. The fraction of sp³-hybridized carbons (Fsp3) is 0.133. The van der Waals surface area contributed by atoms with Gasteiger partial charge in [0.1, 0.15) is 5.69 Å². The van der Waals surface area contributed by atoms with Crippen LogP contribution >= 0.6 is 0 Å². The molecule has 0 saturated carbocycles. The molecule has 0 radical (unpaired) electrons. The van der Waals surface area contributed by atoms with Crippen molar-refractivity contribution in [3.8, 4) is 0 Å². The van der Waals surface area contributed by atoms with Crippen LogP contribution in [-0.2, 0) is 0 Å². The highest BCUT2D eigenvalue weighted by molar-refractivity contribution is 6.09. The van der Waals surface area contributed by atoms with Crippen LogP contribution < -0.4 is 21.0 Å². The number of Topliss-reactive ketones (excluding diaryl/α,β-unsaturated/α-hetero) is 1. The van der Waals surface area contributed by atoms with Crippen LogP contribution in [0.5, 0.6) is 0 Å². The van der Waals surface area contributed by atoms with Crippen molar-refractivity contribution in [2.45, 2.75) is 12.7 Å². The molecule has 4 N–H and O–H groups in total. The van der Waals surface area contributed by atoms with E-state index in [0.29, 0.717) is 22.4 Å². The molecule has 7 nitrogen and oxygen atoms in total. The van der Waals surface area contributed by atoms with E-state index in [0.717, 1.165) is 16.9 Å². The topological polar surface area (TPSA) is 97.7 Å². The number of nitrogens with one attached hydrogen (secondary N) is 4. The minimum atomic E-state index is -1.59. The van der Waals surface area contributed by atoms with Gasteiger partial charge in [0.15, 0.2) is 5.78 Å². The molecule has 7 heteroatoms. The van der Waals surface area contributed by atoms with Gasteiger partial charge in [-0.15, -0.1) is 0 Å². The number of rotatable bonds is 10. The van der Waals surface area contributed by atoms with Crippen molar-refractivity contribution >= 4 is 28.6 Å². The van der Waals surface area contributed by atoms with E-state index in [1.54, 1.807) is 74.8 Å². The summed E-state index contributed by atoms with van der Waals surface area (Å²) in [5.41, 5.74) is 4.67. The molecule has 0 amide bonds. The lowest BCUT2D eigenvalue weighted by atomic mass is 10.0. The van der Waals surface area contributed by atoms with Crippen molar-refractivity contribution in [1.82, 2.24) is 10.6 Å². The van der Waals surface area contributed by atoms with Gasteiger partial charge in [-0.2, -0.15) is 0 Å². The Labute approximate surface area is 216 Å². The highest BCUT2D eigenvalue weighted by Gasteiger charge is 2.43. The van der Waals surface area contributed by atoms with E-state index in [9.17, 15) is 14.8 Å². The molecule has 4 aromatic carbocycles. The number of anilines is 2. The van der Waals surface area contributed by atoms with Crippen molar-refractivity contribution in [3.05, 3.63) is 131 Å². The first-order valence-electron chi connectivity index (χ1n) is 12.0. The smallest absolute Gasteiger partial charge is 0.278 e. The number of benzene rings is 4. The zero-order valence-corrected chi connectivity index (χ0v) is 21.0. The van der Waals surface area contributed by atoms with E-state index in [-0.39, 0.29) is 16.6 Å². The third-order valence-corrected chi connectivity index (χ3v) is 6.36. The molecule has 0 aliphatic heterocycles. The zero-order valence-electron chi connectivity index (χ0n) is 21.0. The number of likely N-dealkylation sites (N-methyl/N-ethyl adjacent to an activating group) is 2. The van der Waals surface area contributed by atoms with Gasteiger partial charge in [-0.1, -0.05) is 48.0 Å². The van der Waals surface area contributed by atoms with Gasteiger partial charge in [-0.25, -0.2) is 10.6 Å². The Morgan fingerprint density at radius 3 is 1.68 bits per heavy atom. The Hall–Kier alpha value is -4.14. The summed E-state index contributed by atoms with van der Waals surface area (Å²) in [4.78, 5) is 26.1. The fourth-order valence-electron chi connectivity index (χ4n) is 4.15. The first kappa shape index (κ1) is 25.9. The second-order valence-corrected chi connectivity index (χ2v) is 8.75. The summed E-state index contributed by atoms with van der Waals surface area (Å²) in [6, 6.07) is 30.4. The van der Waals surface area contributed by atoms with Crippen molar-refractivity contribution in [1.29, 1.82) is 0 Å². The molecule has 1 atom stereocenters. The first-order chi connectivity index (χ1) is 17.9. The molecule has 0 fully saturated rings. The minimum absolute atomic E-state index is 0.0345. The Balaban J connectivity index is 1.48. The Bertz CT molecular complexity index is 1350. The molecule has 4 rings (SSSR count). The molecular weight excluding hydrogens is 464 g/mol. The molecule has 0 heterocycles. The van der Waals surface area contributed by atoms with E-state index >= 15 is 0 Å². The Morgan fingerprint density at radius 2 is 1.16 bits per heavy atom. The van der Waals surface area contributed by atoms with Crippen LogP contribution in [0.4, 0.5) is 17.1 Å². The Morgan fingerprint density at radius 1 is 0.676 bits per heavy atom. The normalized spacial score (nSPS) is 12.1. The number of carbonyl (C=O) groups excluding carboxylic acids is 2. The molecule has 0 bridgehead atoms. The summed E-state index contributed by atoms with van der Waals surface area (Å²) >= 11 is 0. The van der Waals surface area contributed by atoms with Gasteiger partial charge in [-0.3, -0.25) is 9.59 Å². The van der Waals surface area contributed by atoms with Gasteiger partial charge in [0, 0.05) is 28.1 Å². The minimum Gasteiger partial charge on any atom is -0.626 e. The second-order valence-electron chi connectivity index (χ2n) is 8.75. The van der Waals surface area contributed by atoms with Crippen LogP contribution in [0.1, 0.15) is 31.8 Å². The molecule has 4 aromatic rings. The molecule has 0 aromatic heterocycles. The molecule has 188 valence electrons. The zero-order chi connectivity index (χ0) is 26.4. The highest BCUT2D eigenvalue weighted by atomic mass is 16.5. The van der Waals surface area contributed by atoms with Gasteiger partial charge in [0.05, 0.1) is 0 Å². The summed E-state index contributed by atoms with van der Waals surface area (Å²) < 4.78 is 0. The van der Waals surface area contributed by atoms with E-state index in [1.807, 2.05) is 49.4 Å². The molecule has 0 aliphatic carbocycles. The van der Waals surface area contributed by atoms with E-state index in [4.69, 9.17) is 0 Å². The summed E-state index contributed by atoms with van der Waals surface area (Å²) in [6.45, 7) is 1.94. The lowest BCUT2D eigenvalue weighted by Crippen LogP contribution is -3.18.